The average molecular weight is 473 g/mol. The summed E-state index contributed by atoms with van der Waals surface area (Å²) in [5.74, 6) is 1.77. The average Bonchev–Trinajstić information content (AvgIpc) is 3.47. The molecule has 1 fully saturated rings. The first kappa shape index (κ1) is 22.6. The van der Waals surface area contributed by atoms with Gasteiger partial charge in [-0.15, -0.1) is 10.2 Å². The third-order valence-corrected chi connectivity index (χ3v) is 6.60. The van der Waals surface area contributed by atoms with Crippen LogP contribution in [0.1, 0.15) is 30.1 Å². The van der Waals surface area contributed by atoms with Gasteiger partial charge in [0, 0.05) is 24.4 Å². The fourth-order valence-electron chi connectivity index (χ4n) is 3.52. The Bertz CT molecular complexity index is 1070. The summed E-state index contributed by atoms with van der Waals surface area (Å²) >= 11 is 7.89. The fourth-order valence-corrected chi connectivity index (χ4v) is 4.58. The van der Waals surface area contributed by atoms with Gasteiger partial charge in [0.1, 0.15) is 12.4 Å². The summed E-state index contributed by atoms with van der Waals surface area (Å²) in [6.45, 7) is 3.53. The molecule has 1 atom stereocenters. The lowest BCUT2D eigenvalue weighted by molar-refractivity contribution is 0.101. The Morgan fingerprint density at radius 3 is 2.56 bits per heavy atom. The number of ketones is 1. The number of rotatable bonds is 9. The molecule has 4 rings (SSSR count). The first-order valence-electron chi connectivity index (χ1n) is 10.5. The van der Waals surface area contributed by atoms with Crippen molar-refractivity contribution in [3.63, 3.8) is 0 Å². The lowest BCUT2D eigenvalue weighted by Crippen LogP contribution is -2.22. The zero-order valence-corrected chi connectivity index (χ0v) is 19.3. The summed E-state index contributed by atoms with van der Waals surface area (Å²) < 4.78 is 7.63. The summed E-state index contributed by atoms with van der Waals surface area (Å²) in [5, 5.41) is 20.6. The highest BCUT2D eigenvalue weighted by atomic mass is 35.5. The van der Waals surface area contributed by atoms with Crippen molar-refractivity contribution in [1.82, 2.24) is 14.8 Å². The molecule has 0 unspecified atom stereocenters. The first-order valence-corrected chi connectivity index (χ1v) is 11.9. The van der Waals surface area contributed by atoms with Crippen molar-refractivity contribution in [1.29, 1.82) is 0 Å². The van der Waals surface area contributed by atoms with E-state index >= 15 is 0 Å². The zero-order valence-electron chi connectivity index (χ0n) is 17.8. The molecule has 3 aromatic rings. The molecule has 1 N–H and O–H groups in total. The summed E-state index contributed by atoms with van der Waals surface area (Å²) in [6, 6.07) is 14.5. The lowest BCUT2D eigenvalue weighted by atomic mass is 10.1. The first-order chi connectivity index (χ1) is 15.5. The van der Waals surface area contributed by atoms with E-state index in [1.807, 2.05) is 28.8 Å². The maximum absolute atomic E-state index is 11.4. The predicted molar refractivity (Wildman–Crippen MR) is 126 cm³/mol. The van der Waals surface area contributed by atoms with Gasteiger partial charge in [-0.3, -0.25) is 9.36 Å². The lowest BCUT2D eigenvalue weighted by Gasteiger charge is -2.19. The number of para-hydroxylation sites is 1. The molecule has 0 spiro atoms. The number of aliphatic hydroxyl groups excluding tert-OH is 1. The van der Waals surface area contributed by atoms with Crippen LogP contribution < -0.4 is 9.64 Å². The van der Waals surface area contributed by atoms with Crippen LogP contribution in [0.25, 0.3) is 5.69 Å². The van der Waals surface area contributed by atoms with E-state index in [1.54, 1.807) is 24.3 Å². The molecule has 1 saturated heterocycles. The van der Waals surface area contributed by atoms with Crippen LogP contribution in [-0.4, -0.2) is 57.2 Å². The van der Waals surface area contributed by atoms with Crippen LogP contribution in [0, 0.1) is 0 Å². The second-order valence-electron chi connectivity index (χ2n) is 7.62. The summed E-state index contributed by atoms with van der Waals surface area (Å²) in [7, 11) is 0. The monoisotopic (exact) mass is 472 g/mol. The van der Waals surface area contributed by atoms with Crippen LogP contribution in [0.15, 0.2) is 53.7 Å². The minimum absolute atomic E-state index is 0.00363. The van der Waals surface area contributed by atoms with Crippen LogP contribution in [0.5, 0.6) is 5.75 Å². The van der Waals surface area contributed by atoms with Crippen molar-refractivity contribution in [2.45, 2.75) is 31.0 Å². The number of benzene rings is 2. The number of hydrogen-bond acceptors (Lipinski definition) is 7. The highest BCUT2D eigenvalue weighted by molar-refractivity contribution is 7.99. The summed E-state index contributed by atoms with van der Waals surface area (Å²) in [6.07, 6.45) is 1.54. The molecule has 2 heterocycles. The third-order valence-electron chi connectivity index (χ3n) is 5.21. The zero-order chi connectivity index (χ0) is 22.5. The Kier molecular flexibility index (Phi) is 7.34. The summed E-state index contributed by atoms with van der Waals surface area (Å²) in [5.41, 5.74) is 1.45. The van der Waals surface area contributed by atoms with Crippen molar-refractivity contribution in [3.8, 4) is 11.4 Å². The van der Waals surface area contributed by atoms with E-state index in [1.165, 1.54) is 18.7 Å². The minimum atomic E-state index is -0.709. The van der Waals surface area contributed by atoms with E-state index in [0.29, 0.717) is 27.2 Å². The van der Waals surface area contributed by atoms with Crippen LogP contribution >= 0.6 is 23.4 Å². The molecule has 0 saturated carbocycles. The highest BCUT2D eigenvalue weighted by Crippen LogP contribution is 2.32. The number of anilines is 1. The fraction of sp³-hybridized carbons (Fsp3) is 0.348. The number of Topliss-reactive ketones (excluding diaryl/α,β-unsaturated/α-hetero) is 1. The maximum Gasteiger partial charge on any atom is 0.232 e. The number of ether oxygens (including phenoxy) is 1. The number of aromatic nitrogens is 3. The molecular formula is C23H25ClN4O3S. The Hall–Kier alpha value is -2.55. The molecule has 0 aliphatic carbocycles. The van der Waals surface area contributed by atoms with Gasteiger partial charge >= 0.3 is 0 Å². The molecule has 32 heavy (non-hydrogen) atoms. The van der Waals surface area contributed by atoms with E-state index in [-0.39, 0.29) is 12.4 Å². The Balaban J connectivity index is 1.43. The smallest absolute Gasteiger partial charge is 0.232 e. The number of carbonyl (C=O) groups is 1. The van der Waals surface area contributed by atoms with Crippen LogP contribution in [-0.2, 0) is 0 Å². The number of thioether (sulfide) groups is 1. The molecule has 1 aromatic heterocycles. The molecule has 168 valence electrons. The van der Waals surface area contributed by atoms with E-state index in [2.05, 4.69) is 15.1 Å². The Morgan fingerprint density at radius 2 is 1.88 bits per heavy atom. The third kappa shape index (κ3) is 5.26. The van der Waals surface area contributed by atoms with Gasteiger partial charge in [-0.05, 0) is 56.2 Å². The standard InChI is InChI=1S/C23H25ClN4O3S/c1-16(29)17-8-10-19(11-9-17)31-14-18(30)15-32-23-26-25-22(27-12-4-5-13-27)28(23)21-7-3-2-6-20(21)24/h2-3,6-11,18,30H,4-5,12-15H2,1H3/t18-/m1/s1. The van der Waals surface area contributed by atoms with Gasteiger partial charge in [0.2, 0.25) is 5.95 Å². The van der Waals surface area contributed by atoms with Crippen LogP contribution in [0.2, 0.25) is 5.02 Å². The molecule has 0 bridgehead atoms. The van der Waals surface area contributed by atoms with Crippen molar-refractivity contribution in [3.05, 3.63) is 59.1 Å². The molecule has 7 nitrogen and oxygen atoms in total. The number of hydrogen-bond donors (Lipinski definition) is 1. The quantitative estimate of drug-likeness (QED) is 0.368. The van der Waals surface area contributed by atoms with Crippen LogP contribution in [0.4, 0.5) is 5.95 Å². The number of carbonyl (C=O) groups excluding carboxylic acids is 1. The van der Waals surface area contributed by atoms with Gasteiger partial charge in [-0.25, -0.2) is 0 Å². The molecule has 1 aliphatic heterocycles. The number of nitrogens with zero attached hydrogens (tertiary/aromatic N) is 4. The van der Waals surface area contributed by atoms with Gasteiger partial charge in [-0.1, -0.05) is 35.5 Å². The summed E-state index contributed by atoms with van der Waals surface area (Å²) in [4.78, 5) is 13.6. The van der Waals surface area contributed by atoms with E-state index < -0.39 is 6.10 Å². The van der Waals surface area contributed by atoms with Gasteiger partial charge < -0.3 is 14.7 Å². The Labute approximate surface area is 196 Å². The molecule has 0 radical (unpaired) electrons. The van der Waals surface area contributed by atoms with E-state index in [9.17, 15) is 9.90 Å². The van der Waals surface area contributed by atoms with Gasteiger partial charge in [-0.2, -0.15) is 0 Å². The highest BCUT2D eigenvalue weighted by Gasteiger charge is 2.24. The van der Waals surface area contributed by atoms with Crippen molar-refractivity contribution in [2.24, 2.45) is 0 Å². The molecule has 0 amide bonds. The van der Waals surface area contributed by atoms with Gasteiger partial charge in [0.25, 0.3) is 0 Å². The second kappa shape index (κ2) is 10.4. The predicted octanol–water partition coefficient (Wildman–Crippen LogP) is 4.26. The minimum Gasteiger partial charge on any atom is -0.491 e. The second-order valence-corrected chi connectivity index (χ2v) is 9.01. The van der Waals surface area contributed by atoms with E-state index in [4.69, 9.17) is 16.3 Å². The van der Waals surface area contributed by atoms with Crippen molar-refractivity contribution < 1.29 is 14.6 Å². The maximum atomic E-state index is 11.4. The molecule has 2 aromatic carbocycles. The van der Waals surface area contributed by atoms with Gasteiger partial charge in [0.15, 0.2) is 10.9 Å². The van der Waals surface area contributed by atoms with Gasteiger partial charge in [0.05, 0.1) is 16.8 Å². The Morgan fingerprint density at radius 1 is 1.16 bits per heavy atom. The largest absolute Gasteiger partial charge is 0.491 e. The molecule has 9 heteroatoms. The molecule has 1 aliphatic rings. The number of halogens is 1. The SMILES string of the molecule is CC(=O)c1ccc(OC[C@@H](O)CSc2nnc(N3CCCC3)n2-c2ccccc2Cl)cc1. The van der Waals surface area contributed by atoms with Crippen LogP contribution in [0.3, 0.4) is 0 Å². The normalized spacial score (nSPS) is 14.5. The molecular weight excluding hydrogens is 448 g/mol. The number of aliphatic hydroxyl groups is 1. The van der Waals surface area contributed by atoms with E-state index in [0.717, 1.165) is 37.6 Å². The van der Waals surface area contributed by atoms with Crippen molar-refractivity contribution >= 4 is 35.1 Å². The topological polar surface area (TPSA) is 80.5 Å². The van der Waals surface area contributed by atoms with Crippen molar-refractivity contribution in [2.75, 3.05) is 30.3 Å².